The molecule has 0 saturated carbocycles. The van der Waals surface area contributed by atoms with Crippen LogP contribution in [0.25, 0.3) is 10.6 Å². The Kier molecular flexibility index (Phi) is 4.18. The van der Waals surface area contributed by atoms with E-state index < -0.39 is 0 Å². The number of aromatic nitrogens is 1. The lowest BCUT2D eigenvalue weighted by Gasteiger charge is -1.96. The normalized spacial score (nSPS) is 10.5. The van der Waals surface area contributed by atoms with E-state index in [9.17, 15) is 0 Å². The quantitative estimate of drug-likeness (QED) is 0.827. The van der Waals surface area contributed by atoms with Gasteiger partial charge in [0.1, 0.15) is 5.01 Å². The molecule has 2 rings (SSSR count). The zero-order valence-electron chi connectivity index (χ0n) is 9.87. The fraction of sp³-hybridized carbons (Fsp3) is 0.308. The van der Waals surface area contributed by atoms with Crippen LogP contribution in [0, 0.1) is 0 Å². The van der Waals surface area contributed by atoms with Gasteiger partial charge in [-0.05, 0) is 18.6 Å². The smallest absolute Gasteiger partial charge is 0.228 e. The van der Waals surface area contributed by atoms with E-state index in [0.29, 0.717) is 0 Å². The van der Waals surface area contributed by atoms with Gasteiger partial charge in [-0.1, -0.05) is 41.4 Å². The number of rotatable bonds is 4. The summed E-state index contributed by atoms with van der Waals surface area (Å²) in [5, 5.41) is 1.03. The molecule has 0 aliphatic carbocycles. The number of methoxy groups -OCH3 is 1. The van der Waals surface area contributed by atoms with Gasteiger partial charge in [0, 0.05) is 10.0 Å². The number of hydrogen-bond acceptors (Lipinski definition) is 3. The van der Waals surface area contributed by atoms with Gasteiger partial charge in [0.15, 0.2) is 0 Å². The minimum Gasteiger partial charge on any atom is -0.480 e. The molecule has 0 saturated heterocycles. The molecule has 0 aliphatic rings. The first-order valence-corrected chi connectivity index (χ1v) is 7.15. The van der Waals surface area contributed by atoms with E-state index in [0.717, 1.165) is 33.8 Å². The maximum absolute atomic E-state index is 5.31. The van der Waals surface area contributed by atoms with E-state index in [1.54, 1.807) is 18.4 Å². The molecule has 0 unspecified atom stereocenters. The van der Waals surface area contributed by atoms with Crippen LogP contribution in [-0.4, -0.2) is 12.1 Å². The third-order valence-corrected chi connectivity index (χ3v) is 4.10. The molecule has 0 amide bonds. The van der Waals surface area contributed by atoms with Gasteiger partial charge < -0.3 is 4.74 Å². The Labute approximate surface area is 114 Å². The van der Waals surface area contributed by atoms with Crippen LogP contribution in [0.5, 0.6) is 5.88 Å². The van der Waals surface area contributed by atoms with E-state index in [2.05, 4.69) is 40.0 Å². The van der Waals surface area contributed by atoms with Crippen molar-refractivity contribution < 1.29 is 4.74 Å². The lowest BCUT2D eigenvalue weighted by molar-refractivity contribution is 0.396. The Morgan fingerprint density at radius 3 is 2.59 bits per heavy atom. The summed E-state index contributed by atoms with van der Waals surface area (Å²) >= 11 is 5.15. The predicted octanol–water partition coefficient (Wildman–Crippen LogP) is 4.53. The SMILES string of the molecule is CCCc1sc(-c2ccc(Br)cc2)nc1OC. The third kappa shape index (κ3) is 2.87. The van der Waals surface area contributed by atoms with Crippen molar-refractivity contribution in [2.24, 2.45) is 0 Å². The highest BCUT2D eigenvalue weighted by Gasteiger charge is 2.12. The van der Waals surface area contributed by atoms with Crippen LogP contribution in [0.2, 0.25) is 0 Å². The second-order valence-electron chi connectivity index (χ2n) is 3.71. The molecule has 0 atom stereocenters. The molecule has 0 aliphatic heterocycles. The topological polar surface area (TPSA) is 22.1 Å². The first-order chi connectivity index (χ1) is 8.24. The molecule has 1 aromatic heterocycles. The van der Waals surface area contributed by atoms with Crippen molar-refractivity contribution >= 4 is 27.3 Å². The molecule has 1 heterocycles. The van der Waals surface area contributed by atoms with Gasteiger partial charge in [0.05, 0.1) is 12.0 Å². The predicted molar refractivity (Wildman–Crippen MR) is 75.8 cm³/mol. The largest absolute Gasteiger partial charge is 0.480 e. The maximum Gasteiger partial charge on any atom is 0.228 e. The van der Waals surface area contributed by atoms with Crippen LogP contribution in [0.15, 0.2) is 28.7 Å². The summed E-state index contributed by atoms with van der Waals surface area (Å²) in [4.78, 5) is 5.76. The Bertz CT molecular complexity index is 493. The zero-order chi connectivity index (χ0) is 12.3. The van der Waals surface area contributed by atoms with Gasteiger partial charge in [-0.25, -0.2) is 4.98 Å². The van der Waals surface area contributed by atoms with Crippen molar-refractivity contribution in [1.29, 1.82) is 0 Å². The van der Waals surface area contributed by atoms with Gasteiger partial charge >= 0.3 is 0 Å². The number of thiazole rings is 1. The summed E-state index contributed by atoms with van der Waals surface area (Å²) in [7, 11) is 1.68. The highest BCUT2D eigenvalue weighted by Crippen LogP contribution is 2.33. The van der Waals surface area contributed by atoms with Gasteiger partial charge in [-0.3, -0.25) is 0 Å². The lowest BCUT2D eigenvalue weighted by Crippen LogP contribution is -1.87. The Morgan fingerprint density at radius 2 is 2.00 bits per heavy atom. The lowest BCUT2D eigenvalue weighted by atomic mass is 10.2. The van der Waals surface area contributed by atoms with Crippen molar-refractivity contribution in [3.63, 3.8) is 0 Å². The van der Waals surface area contributed by atoms with Gasteiger partial charge in [0.2, 0.25) is 5.88 Å². The summed E-state index contributed by atoms with van der Waals surface area (Å²) in [5.41, 5.74) is 1.14. The van der Waals surface area contributed by atoms with E-state index >= 15 is 0 Å². The molecule has 2 nitrogen and oxygen atoms in total. The fourth-order valence-electron chi connectivity index (χ4n) is 1.60. The molecule has 2 aromatic rings. The van der Waals surface area contributed by atoms with E-state index in [4.69, 9.17) is 4.74 Å². The van der Waals surface area contributed by atoms with Crippen LogP contribution in [0.4, 0.5) is 0 Å². The van der Waals surface area contributed by atoms with Gasteiger partial charge in [-0.15, -0.1) is 11.3 Å². The molecule has 0 fully saturated rings. The van der Waals surface area contributed by atoms with Crippen LogP contribution in [-0.2, 0) is 6.42 Å². The third-order valence-electron chi connectivity index (χ3n) is 2.42. The van der Waals surface area contributed by atoms with Gasteiger partial charge in [-0.2, -0.15) is 0 Å². The average Bonchev–Trinajstić information content (AvgIpc) is 2.74. The summed E-state index contributed by atoms with van der Waals surface area (Å²) in [6.07, 6.45) is 2.13. The number of aryl methyl sites for hydroxylation is 1. The Morgan fingerprint density at radius 1 is 1.29 bits per heavy atom. The monoisotopic (exact) mass is 311 g/mol. The summed E-state index contributed by atoms with van der Waals surface area (Å²) in [5.74, 6) is 0.773. The molecule has 0 radical (unpaired) electrons. The second-order valence-corrected chi connectivity index (χ2v) is 5.71. The average molecular weight is 312 g/mol. The zero-order valence-corrected chi connectivity index (χ0v) is 12.3. The Hall–Kier alpha value is -0.870. The molecule has 17 heavy (non-hydrogen) atoms. The van der Waals surface area contributed by atoms with E-state index in [1.807, 2.05) is 12.1 Å². The van der Waals surface area contributed by atoms with Crippen LogP contribution >= 0.6 is 27.3 Å². The van der Waals surface area contributed by atoms with Crippen molar-refractivity contribution in [1.82, 2.24) is 4.98 Å². The van der Waals surface area contributed by atoms with Crippen molar-refractivity contribution in [3.05, 3.63) is 33.6 Å². The fourth-order valence-corrected chi connectivity index (χ4v) is 3.00. The van der Waals surface area contributed by atoms with Gasteiger partial charge in [0.25, 0.3) is 0 Å². The molecule has 1 aromatic carbocycles. The van der Waals surface area contributed by atoms with Crippen molar-refractivity contribution in [3.8, 4) is 16.5 Å². The summed E-state index contributed by atoms with van der Waals surface area (Å²) in [6.45, 7) is 2.17. The molecule has 0 spiro atoms. The highest BCUT2D eigenvalue weighted by molar-refractivity contribution is 9.10. The minimum atomic E-state index is 0.773. The highest BCUT2D eigenvalue weighted by atomic mass is 79.9. The first-order valence-electron chi connectivity index (χ1n) is 5.54. The number of ether oxygens (including phenoxy) is 1. The van der Waals surface area contributed by atoms with Crippen LogP contribution < -0.4 is 4.74 Å². The molecular formula is C13H14BrNOS. The second kappa shape index (κ2) is 5.65. The van der Waals surface area contributed by atoms with E-state index in [1.165, 1.54) is 4.88 Å². The number of nitrogens with zero attached hydrogens (tertiary/aromatic N) is 1. The molecule has 0 bridgehead atoms. The molecule has 90 valence electrons. The molecule has 4 heteroatoms. The Balaban J connectivity index is 2.35. The number of halogens is 1. The standard InChI is InChI=1S/C13H14BrNOS/c1-3-4-11-12(16-2)15-13(17-11)9-5-7-10(14)8-6-9/h5-8H,3-4H2,1-2H3. The first kappa shape index (κ1) is 12.6. The van der Waals surface area contributed by atoms with Crippen molar-refractivity contribution in [2.45, 2.75) is 19.8 Å². The number of hydrogen-bond donors (Lipinski definition) is 0. The summed E-state index contributed by atoms with van der Waals surface area (Å²) in [6, 6.07) is 8.20. The van der Waals surface area contributed by atoms with Crippen LogP contribution in [0.1, 0.15) is 18.2 Å². The maximum atomic E-state index is 5.31. The minimum absolute atomic E-state index is 0.773. The summed E-state index contributed by atoms with van der Waals surface area (Å²) < 4.78 is 6.40. The van der Waals surface area contributed by atoms with E-state index in [-0.39, 0.29) is 0 Å². The van der Waals surface area contributed by atoms with Crippen LogP contribution in [0.3, 0.4) is 0 Å². The molecular weight excluding hydrogens is 298 g/mol. The van der Waals surface area contributed by atoms with Crippen molar-refractivity contribution in [2.75, 3.05) is 7.11 Å². The number of benzene rings is 1. The molecule has 0 N–H and O–H groups in total.